The van der Waals surface area contributed by atoms with E-state index in [0.29, 0.717) is 12.0 Å². The molecule has 1 atom stereocenters. The lowest BCUT2D eigenvalue weighted by Gasteiger charge is -2.05. The van der Waals surface area contributed by atoms with Gasteiger partial charge in [-0.2, -0.15) is 0 Å². The van der Waals surface area contributed by atoms with E-state index in [1.54, 1.807) is 0 Å². The number of aliphatic hydroxyl groups excluding tert-OH is 1. The maximum absolute atomic E-state index is 11.9. The molecule has 82 valence electrons. The van der Waals surface area contributed by atoms with E-state index in [1.807, 2.05) is 0 Å². The zero-order valence-corrected chi connectivity index (χ0v) is 8.87. The smallest absolute Gasteiger partial charge is 0.182 e. The van der Waals surface area contributed by atoms with Crippen LogP contribution in [0.4, 0.5) is 0 Å². The Bertz CT molecular complexity index is 478. The highest BCUT2D eigenvalue weighted by Gasteiger charge is 2.37. The number of phenolic OH excluding ortho intramolecular Hbond substituents is 1. The predicted molar refractivity (Wildman–Crippen MR) is 54.5 cm³/mol. The van der Waals surface area contributed by atoms with Crippen molar-refractivity contribution >= 4 is 9.84 Å². The highest BCUT2D eigenvalue weighted by molar-refractivity contribution is 7.92. The number of sulfone groups is 1. The van der Waals surface area contributed by atoms with Gasteiger partial charge in [-0.3, -0.25) is 0 Å². The third kappa shape index (κ3) is 1.52. The van der Waals surface area contributed by atoms with Crippen LogP contribution in [0.5, 0.6) is 5.75 Å². The molecular formula is C10H12O4S. The second-order valence-electron chi connectivity index (χ2n) is 3.64. The van der Waals surface area contributed by atoms with Crippen LogP contribution in [-0.2, 0) is 16.3 Å². The van der Waals surface area contributed by atoms with Crippen molar-refractivity contribution in [1.29, 1.82) is 0 Å². The molecule has 0 radical (unpaired) electrons. The molecule has 0 spiro atoms. The van der Waals surface area contributed by atoms with Crippen LogP contribution in [0.2, 0.25) is 0 Å². The molecule has 1 aliphatic rings. The molecule has 2 N–H and O–H groups in total. The van der Waals surface area contributed by atoms with Gasteiger partial charge in [-0.05, 0) is 25.0 Å². The van der Waals surface area contributed by atoms with Gasteiger partial charge in [0.05, 0.1) is 10.1 Å². The molecule has 0 fully saturated rings. The summed E-state index contributed by atoms with van der Waals surface area (Å²) >= 11 is 0. The van der Waals surface area contributed by atoms with Crippen molar-refractivity contribution < 1.29 is 18.6 Å². The zero-order valence-electron chi connectivity index (χ0n) is 8.05. The van der Waals surface area contributed by atoms with Crippen molar-refractivity contribution in [3.05, 3.63) is 23.8 Å². The molecule has 0 aliphatic carbocycles. The van der Waals surface area contributed by atoms with Gasteiger partial charge in [0, 0.05) is 12.2 Å². The number of aliphatic hydroxyl groups is 1. The molecule has 1 aliphatic heterocycles. The van der Waals surface area contributed by atoms with Crippen LogP contribution in [0.15, 0.2) is 23.1 Å². The molecule has 1 aromatic carbocycles. The first-order chi connectivity index (χ1) is 7.07. The van der Waals surface area contributed by atoms with Gasteiger partial charge >= 0.3 is 0 Å². The minimum Gasteiger partial charge on any atom is -0.508 e. The van der Waals surface area contributed by atoms with E-state index in [0.717, 1.165) is 0 Å². The number of phenols is 1. The van der Waals surface area contributed by atoms with E-state index in [9.17, 15) is 13.5 Å². The monoisotopic (exact) mass is 228 g/mol. The first-order valence-corrected chi connectivity index (χ1v) is 6.27. The van der Waals surface area contributed by atoms with E-state index in [2.05, 4.69) is 0 Å². The summed E-state index contributed by atoms with van der Waals surface area (Å²) in [5.74, 6) is 0.0246. The van der Waals surface area contributed by atoms with Gasteiger partial charge in [0.15, 0.2) is 9.84 Å². The Labute approximate surface area is 88.1 Å². The summed E-state index contributed by atoms with van der Waals surface area (Å²) in [5.41, 5.74) is 0.482. The Morgan fingerprint density at radius 2 is 2.13 bits per heavy atom. The summed E-state index contributed by atoms with van der Waals surface area (Å²) in [7, 11) is -3.35. The van der Waals surface area contributed by atoms with Crippen molar-refractivity contribution in [2.75, 3.05) is 6.61 Å². The Kier molecular flexibility index (Phi) is 2.44. The lowest BCUT2D eigenvalue weighted by molar-refractivity contribution is 0.285. The Morgan fingerprint density at radius 1 is 1.40 bits per heavy atom. The van der Waals surface area contributed by atoms with Gasteiger partial charge in [-0.15, -0.1) is 0 Å². The van der Waals surface area contributed by atoms with Crippen LogP contribution in [-0.4, -0.2) is 30.5 Å². The van der Waals surface area contributed by atoms with Crippen LogP contribution in [0.25, 0.3) is 0 Å². The number of benzene rings is 1. The molecule has 4 nitrogen and oxygen atoms in total. The van der Waals surface area contributed by atoms with E-state index in [-0.39, 0.29) is 23.7 Å². The van der Waals surface area contributed by atoms with Gasteiger partial charge in [-0.25, -0.2) is 8.42 Å². The van der Waals surface area contributed by atoms with Crippen molar-refractivity contribution in [2.24, 2.45) is 0 Å². The van der Waals surface area contributed by atoms with E-state index >= 15 is 0 Å². The Balaban J connectivity index is 2.52. The molecule has 2 rings (SSSR count). The fraction of sp³-hybridized carbons (Fsp3) is 0.400. The largest absolute Gasteiger partial charge is 0.508 e. The van der Waals surface area contributed by atoms with Crippen LogP contribution in [0, 0.1) is 0 Å². The Hall–Kier alpha value is -1.07. The molecule has 0 aromatic heterocycles. The quantitative estimate of drug-likeness (QED) is 0.771. The summed E-state index contributed by atoms with van der Waals surface area (Å²) in [4.78, 5) is 0.209. The van der Waals surface area contributed by atoms with E-state index in [1.165, 1.54) is 18.2 Å². The first-order valence-electron chi connectivity index (χ1n) is 4.73. The predicted octanol–water partition coefficient (Wildman–Crippen LogP) is 0.473. The third-order valence-electron chi connectivity index (χ3n) is 2.74. The van der Waals surface area contributed by atoms with Crippen molar-refractivity contribution in [3.63, 3.8) is 0 Å². The van der Waals surface area contributed by atoms with E-state index < -0.39 is 15.1 Å². The van der Waals surface area contributed by atoms with Crippen LogP contribution < -0.4 is 0 Å². The van der Waals surface area contributed by atoms with Gasteiger partial charge < -0.3 is 10.2 Å². The molecule has 0 saturated heterocycles. The third-order valence-corrected chi connectivity index (χ3v) is 5.01. The molecule has 1 unspecified atom stereocenters. The average Bonchev–Trinajstić information content (AvgIpc) is 2.43. The fourth-order valence-electron chi connectivity index (χ4n) is 1.94. The lowest BCUT2D eigenvalue weighted by Crippen LogP contribution is -2.18. The van der Waals surface area contributed by atoms with Gasteiger partial charge in [0.25, 0.3) is 0 Å². The molecule has 0 bridgehead atoms. The van der Waals surface area contributed by atoms with Crippen molar-refractivity contribution in [3.8, 4) is 5.75 Å². The minimum absolute atomic E-state index is 0.0246. The summed E-state index contributed by atoms with van der Waals surface area (Å²) in [6.07, 6.45) is 0.515. The first kappa shape index (κ1) is 10.4. The highest BCUT2D eigenvalue weighted by atomic mass is 32.2. The molecule has 1 aromatic rings. The Morgan fingerprint density at radius 3 is 2.73 bits per heavy atom. The summed E-state index contributed by atoms with van der Waals surface area (Å²) in [5, 5.41) is 17.7. The number of aromatic hydroxyl groups is 1. The molecule has 5 heteroatoms. The van der Waals surface area contributed by atoms with E-state index in [4.69, 9.17) is 5.11 Å². The second kappa shape index (κ2) is 3.50. The summed E-state index contributed by atoms with van der Waals surface area (Å²) in [6.45, 7) is -0.154. The molecule has 15 heavy (non-hydrogen) atoms. The summed E-state index contributed by atoms with van der Waals surface area (Å²) in [6, 6.07) is 4.50. The number of hydrogen-bond acceptors (Lipinski definition) is 4. The number of hydrogen-bond donors (Lipinski definition) is 2. The fourth-order valence-corrected chi connectivity index (χ4v) is 3.90. The number of rotatable bonds is 2. The second-order valence-corrected chi connectivity index (χ2v) is 5.83. The SMILES string of the molecule is O=S1(=O)c2cccc(O)c2CC1CCO. The lowest BCUT2D eigenvalue weighted by atomic mass is 10.1. The normalized spacial score (nSPS) is 22.6. The standard InChI is InChI=1S/C10H12O4S/c11-5-4-7-6-8-9(12)2-1-3-10(8)15(7,13)14/h1-3,7,11-12H,4-6H2. The van der Waals surface area contributed by atoms with Crippen LogP contribution >= 0.6 is 0 Å². The maximum atomic E-state index is 11.9. The minimum atomic E-state index is -3.35. The molecule has 1 heterocycles. The number of fused-ring (bicyclic) bond motifs is 1. The van der Waals surface area contributed by atoms with Crippen molar-refractivity contribution in [1.82, 2.24) is 0 Å². The van der Waals surface area contributed by atoms with Crippen LogP contribution in [0.3, 0.4) is 0 Å². The van der Waals surface area contributed by atoms with Crippen molar-refractivity contribution in [2.45, 2.75) is 23.0 Å². The summed E-state index contributed by atoms with van der Waals surface area (Å²) < 4.78 is 23.8. The van der Waals surface area contributed by atoms with Crippen LogP contribution in [0.1, 0.15) is 12.0 Å². The van der Waals surface area contributed by atoms with Gasteiger partial charge in [-0.1, -0.05) is 6.07 Å². The van der Waals surface area contributed by atoms with Gasteiger partial charge in [0.1, 0.15) is 5.75 Å². The van der Waals surface area contributed by atoms with Gasteiger partial charge in [0.2, 0.25) is 0 Å². The average molecular weight is 228 g/mol. The topological polar surface area (TPSA) is 74.6 Å². The maximum Gasteiger partial charge on any atom is 0.182 e. The molecule has 0 saturated carbocycles. The highest BCUT2D eigenvalue weighted by Crippen LogP contribution is 2.37. The molecular weight excluding hydrogens is 216 g/mol. The zero-order chi connectivity index (χ0) is 11.1. The molecule has 0 amide bonds.